The van der Waals surface area contributed by atoms with Crippen LogP contribution in [0.2, 0.25) is 0 Å². The van der Waals surface area contributed by atoms with Gasteiger partial charge in [0, 0.05) is 31.4 Å². The van der Waals surface area contributed by atoms with Crippen molar-refractivity contribution in [3.63, 3.8) is 0 Å². The van der Waals surface area contributed by atoms with E-state index in [1.807, 2.05) is 12.4 Å². The maximum Gasteiger partial charge on any atom is 0.106 e. The van der Waals surface area contributed by atoms with Crippen molar-refractivity contribution in [2.75, 3.05) is 13.1 Å². The highest BCUT2D eigenvalue weighted by molar-refractivity contribution is 5.30. The lowest BCUT2D eigenvalue weighted by Gasteiger charge is -2.18. The van der Waals surface area contributed by atoms with Gasteiger partial charge in [0.05, 0.1) is 0 Å². The van der Waals surface area contributed by atoms with Crippen LogP contribution in [0.1, 0.15) is 35.8 Å². The van der Waals surface area contributed by atoms with Gasteiger partial charge in [-0.25, -0.2) is 4.98 Å². The molecule has 1 unspecified atom stereocenters. The van der Waals surface area contributed by atoms with Gasteiger partial charge < -0.3 is 15.6 Å². The number of nitrogens with zero attached hydrogens (tertiary/aromatic N) is 1. The summed E-state index contributed by atoms with van der Waals surface area (Å²) in [6.07, 6.45) is 6.97. The number of aryl methyl sites for hydroxylation is 1. The van der Waals surface area contributed by atoms with Gasteiger partial charge in [-0.05, 0) is 37.1 Å². The summed E-state index contributed by atoms with van der Waals surface area (Å²) < 4.78 is 0. The first kappa shape index (κ1) is 13.3. The number of aromatic nitrogens is 2. The molecule has 3 N–H and O–H groups in total. The molecule has 4 heteroatoms. The Morgan fingerprint density at radius 1 is 1.30 bits per heavy atom. The van der Waals surface area contributed by atoms with Crippen molar-refractivity contribution in [3.05, 3.63) is 53.6 Å². The second kappa shape index (κ2) is 6.68. The van der Waals surface area contributed by atoms with Crippen molar-refractivity contribution in [2.24, 2.45) is 0 Å². The summed E-state index contributed by atoms with van der Waals surface area (Å²) in [7, 11) is 0. The summed E-state index contributed by atoms with van der Waals surface area (Å²) in [5.74, 6) is 1.08. The van der Waals surface area contributed by atoms with E-state index < -0.39 is 0 Å². The van der Waals surface area contributed by atoms with Crippen LogP contribution in [0.3, 0.4) is 0 Å². The molecular weight excluding hydrogens is 248 g/mol. The molecule has 0 aliphatic carbocycles. The van der Waals surface area contributed by atoms with Gasteiger partial charge in [-0.2, -0.15) is 0 Å². The highest BCUT2D eigenvalue weighted by Gasteiger charge is 2.16. The Bertz CT molecular complexity index is 521. The number of imidazole rings is 1. The Balaban J connectivity index is 1.54. The molecule has 0 bridgehead atoms. The minimum absolute atomic E-state index is 0.470. The Morgan fingerprint density at radius 2 is 2.25 bits per heavy atom. The molecule has 106 valence electrons. The lowest BCUT2D eigenvalue weighted by molar-refractivity contribution is 0.488. The monoisotopic (exact) mass is 270 g/mol. The SMILES string of the molecule is c1ccc2c(c1)CNCCC2NCCCc1ncc[nH]1. The van der Waals surface area contributed by atoms with E-state index in [0.717, 1.165) is 44.7 Å². The molecule has 0 radical (unpaired) electrons. The lowest BCUT2D eigenvalue weighted by atomic mass is 9.99. The number of H-pyrrole nitrogens is 1. The third-order valence-electron chi connectivity index (χ3n) is 3.89. The summed E-state index contributed by atoms with van der Waals surface area (Å²) in [6.45, 7) is 3.09. The van der Waals surface area contributed by atoms with Crippen LogP contribution in [-0.4, -0.2) is 23.1 Å². The zero-order valence-corrected chi connectivity index (χ0v) is 11.7. The molecular formula is C16H22N4. The van der Waals surface area contributed by atoms with Crippen LogP contribution in [0.4, 0.5) is 0 Å². The first-order chi connectivity index (χ1) is 9.93. The molecule has 1 aromatic carbocycles. The third kappa shape index (κ3) is 3.26. The number of aromatic amines is 1. The van der Waals surface area contributed by atoms with Gasteiger partial charge in [0.25, 0.3) is 0 Å². The van der Waals surface area contributed by atoms with Gasteiger partial charge in [-0.15, -0.1) is 0 Å². The van der Waals surface area contributed by atoms with E-state index in [-0.39, 0.29) is 0 Å². The molecule has 3 rings (SSSR count). The van der Waals surface area contributed by atoms with Crippen molar-refractivity contribution in [1.29, 1.82) is 0 Å². The highest BCUT2D eigenvalue weighted by atomic mass is 14.9. The average molecular weight is 270 g/mol. The number of hydrogen-bond acceptors (Lipinski definition) is 3. The second-order valence-electron chi connectivity index (χ2n) is 5.31. The molecule has 1 aliphatic heterocycles. The molecule has 0 fully saturated rings. The van der Waals surface area contributed by atoms with Crippen molar-refractivity contribution < 1.29 is 0 Å². The van der Waals surface area contributed by atoms with Gasteiger partial charge >= 0.3 is 0 Å². The molecule has 0 spiro atoms. The van der Waals surface area contributed by atoms with Crippen LogP contribution < -0.4 is 10.6 Å². The molecule has 1 atom stereocenters. The predicted molar refractivity (Wildman–Crippen MR) is 80.4 cm³/mol. The molecule has 2 aromatic rings. The number of fused-ring (bicyclic) bond motifs is 1. The van der Waals surface area contributed by atoms with Crippen LogP contribution in [0.15, 0.2) is 36.7 Å². The minimum Gasteiger partial charge on any atom is -0.349 e. The topological polar surface area (TPSA) is 52.7 Å². The Kier molecular flexibility index (Phi) is 4.46. The van der Waals surface area contributed by atoms with E-state index in [9.17, 15) is 0 Å². The maximum atomic E-state index is 4.26. The number of rotatable bonds is 5. The summed E-state index contributed by atoms with van der Waals surface area (Å²) in [5, 5.41) is 7.19. The molecule has 0 amide bonds. The van der Waals surface area contributed by atoms with Crippen molar-refractivity contribution in [3.8, 4) is 0 Å². The molecule has 0 saturated carbocycles. The zero-order valence-electron chi connectivity index (χ0n) is 11.7. The van der Waals surface area contributed by atoms with E-state index >= 15 is 0 Å². The normalized spacial score (nSPS) is 18.5. The van der Waals surface area contributed by atoms with Crippen molar-refractivity contribution in [1.82, 2.24) is 20.6 Å². The van der Waals surface area contributed by atoms with Gasteiger partial charge in [0.1, 0.15) is 5.82 Å². The fourth-order valence-corrected chi connectivity index (χ4v) is 2.84. The largest absolute Gasteiger partial charge is 0.349 e. The molecule has 4 nitrogen and oxygen atoms in total. The van der Waals surface area contributed by atoms with Crippen LogP contribution in [0.25, 0.3) is 0 Å². The van der Waals surface area contributed by atoms with Crippen LogP contribution in [0.5, 0.6) is 0 Å². The molecule has 2 heterocycles. The third-order valence-corrected chi connectivity index (χ3v) is 3.89. The van der Waals surface area contributed by atoms with Gasteiger partial charge in [-0.1, -0.05) is 24.3 Å². The van der Waals surface area contributed by atoms with E-state index in [1.165, 1.54) is 11.1 Å². The summed E-state index contributed by atoms with van der Waals surface area (Å²) in [6, 6.07) is 9.22. The quantitative estimate of drug-likeness (QED) is 0.730. The van der Waals surface area contributed by atoms with Crippen LogP contribution in [-0.2, 0) is 13.0 Å². The molecule has 1 aromatic heterocycles. The fourth-order valence-electron chi connectivity index (χ4n) is 2.84. The van der Waals surface area contributed by atoms with Crippen LogP contribution >= 0.6 is 0 Å². The van der Waals surface area contributed by atoms with Gasteiger partial charge in [0.15, 0.2) is 0 Å². The number of hydrogen-bond donors (Lipinski definition) is 3. The van der Waals surface area contributed by atoms with Gasteiger partial charge in [0.2, 0.25) is 0 Å². The molecule has 1 aliphatic rings. The van der Waals surface area contributed by atoms with Crippen molar-refractivity contribution in [2.45, 2.75) is 31.8 Å². The summed E-state index contributed by atoms with van der Waals surface area (Å²) in [5.41, 5.74) is 2.88. The Hall–Kier alpha value is -1.65. The van der Waals surface area contributed by atoms with Crippen molar-refractivity contribution >= 4 is 0 Å². The first-order valence-corrected chi connectivity index (χ1v) is 7.43. The molecule has 0 saturated heterocycles. The maximum absolute atomic E-state index is 4.26. The Morgan fingerprint density at radius 3 is 3.15 bits per heavy atom. The number of nitrogens with one attached hydrogen (secondary N) is 3. The highest BCUT2D eigenvalue weighted by Crippen LogP contribution is 2.23. The predicted octanol–water partition coefficient (Wildman–Crippen LogP) is 2.17. The van der Waals surface area contributed by atoms with E-state index in [2.05, 4.69) is 44.9 Å². The van der Waals surface area contributed by atoms with E-state index in [1.54, 1.807) is 0 Å². The van der Waals surface area contributed by atoms with Gasteiger partial charge in [-0.3, -0.25) is 0 Å². The van der Waals surface area contributed by atoms with E-state index in [0.29, 0.717) is 6.04 Å². The smallest absolute Gasteiger partial charge is 0.106 e. The first-order valence-electron chi connectivity index (χ1n) is 7.43. The zero-order chi connectivity index (χ0) is 13.6. The number of benzene rings is 1. The fraction of sp³-hybridized carbons (Fsp3) is 0.438. The summed E-state index contributed by atoms with van der Waals surface area (Å²) >= 11 is 0. The minimum atomic E-state index is 0.470. The van der Waals surface area contributed by atoms with E-state index in [4.69, 9.17) is 0 Å². The second-order valence-corrected chi connectivity index (χ2v) is 5.31. The Labute approximate surface area is 120 Å². The summed E-state index contributed by atoms with van der Waals surface area (Å²) in [4.78, 5) is 7.41. The lowest BCUT2D eigenvalue weighted by Crippen LogP contribution is -2.24. The van der Waals surface area contributed by atoms with Crippen LogP contribution in [0, 0.1) is 0 Å². The molecule has 20 heavy (non-hydrogen) atoms. The standard InChI is InChI=1S/C16H22N4/c1-2-5-14-13(4-1)12-17-9-7-15(14)18-8-3-6-16-19-10-11-20-16/h1-2,4-5,10-11,15,17-18H,3,6-9,12H2,(H,19,20). The average Bonchev–Trinajstić information content (AvgIpc) is 2.91.